The van der Waals surface area contributed by atoms with Crippen LogP contribution in [-0.2, 0) is 4.79 Å². The number of amides is 2. The minimum atomic E-state index is -0.861. The lowest BCUT2D eigenvalue weighted by molar-refractivity contribution is -0.137. The molecule has 0 saturated heterocycles. The fraction of sp³-hybridized carbons (Fsp3) is 0.500. The molecule has 1 rings (SSSR count). The first kappa shape index (κ1) is 17.0. The molecule has 0 aromatic heterocycles. The quantitative estimate of drug-likeness (QED) is 0.876. The van der Waals surface area contributed by atoms with Gasteiger partial charge in [0.25, 0.3) is 0 Å². The van der Waals surface area contributed by atoms with Crippen LogP contribution < -0.4 is 10.2 Å². The molecule has 116 valence electrons. The van der Waals surface area contributed by atoms with Gasteiger partial charge in [-0.2, -0.15) is 0 Å². The second-order valence-electron chi connectivity index (χ2n) is 6.06. The first-order valence-corrected chi connectivity index (χ1v) is 6.97. The molecule has 21 heavy (non-hydrogen) atoms. The normalized spacial score (nSPS) is 11.1. The molecule has 5 nitrogen and oxygen atoms in total. The highest BCUT2D eigenvalue weighted by molar-refractivity contribution is 5.92. The summed E-state index contributed by atoms with van der Waals surface area (Å²) in [6.45, 7) is 7.61. The fourth-order valence-corrected chi connectivity index (χ4v) is 2.15. The number of hydrogen-bond donors (Lipinski definition) is 2. The lowest BCUT2D eigenvalue weighted by atomic mass is 9.98. The predicted octanol–water partition coefficient (Wildman–Crippen LogP) is 3.09. The second kappa shape index (κ2) is 6.61. The number of rotatable bonds is 5. The molecule has 0 aliphatic carbocycles. The summed E-state index contributed by atoms with van der Waals surface area (Å²) in [5.41, 5.74) is 2.44. The van der Waals surface area contributed by atoms with Gasteiger partial charge in [0.15, 0.2) is 0 Å². The molecule has 1 aromatic carbocycles. The van der Waals surface area contributed by atoms with Crippen molar-refractivity contribution in [1.29, 1.82) is 0 Å². The van der Waals surface area contributed by atoms with E-state index in [1.165, 1.54) is 0 Å². The molecule has 0 heterocycles. The highest BCUT2D eigenvalue weighted by Gasteiger charge is 2.24. The van der Waals surface area contributed by atoms with Crippen LogP contribution in [0.3, 0.4) is 0 Å². The van der Waals surface area contributed by atoms with Crippen LogP contribution >= 0.6 is 0 Å². The maximum absolute atomic E-state index is 12.3. The van der Waals surface area contributed by atoms with Gasteiger partial charge in [-0.1, -0.05) is 17.7 Å². The topological polar surface area (TPSA) is 69.6 Å². The molecule has 0 radical (unpaired) electrons. The van der Waals surface area contributed by atoms with E-state index >= 15 is 0 Å². The van der Waals surface area contributed by atoms with E-state index in [2.05, 4.69) is 5.32 Å². The van der Waals surface area contributed by atoms with Gasteiger partial charge < -0.3 is 10.4 Å². The Bertz CT molecular complexity index is 538. The Morgan fingerprint density at radius 2 is 1.90 bits per heavy atom. The van der Waals surface area contributed by atoms with Crippen molar-refractivity contribution in [2.24, 2.45) is 0 Å². The first-order valence-electron chi connectivity index (χ1n) is 6.97. The van der Waals surface area contributed by atoms with Crippen molar-refractivity contribution in [3.05, 3.63) is 29.3 Å². The van der Waals surface area contributed by atoms with Gasteiger partial charge in [0.05, 0.1) is 0 Å². The zero-order valence-corrected chi connectivity index (χ0v) is 13.4. The van der Waals surface area contributed by atoms with Crippen molar-refractivity contribution in [3.8, 4) is 0 Å². The van der Waals surface area contributed by atoms with Gasteiger partial charge in [-0.05, 0) is 45.7 Å². The van der Waals surface area contributed by atoms with Gasteiger partial charge in [0.1, 0.15) is 0 Å². The summed E-state index contributed by atoms with van der Waals surface area (Å²) in [6, 6.07) is 5.66. The van der Waals surface area contributed by atoms with Crippen LogP contribution in [0.2, 0.25) is 0 Å². The Hall–Kier alpha value is -2.04. The molecule has 0 fully saturated rings. The van der Waals surface area contributed by atoms with Crippen LogP contribution in [0, 0.1) is 13.8 Å². The number of carbonyl (C=O) groups is 2. The Kier molecular flexibility index (Phi) is 5.35. The highest BCUT2D eigenvalue weighted by Crippen LogP contribution is 2.21. The third-order valence-corrected chi connectivity index (χ3v) is 3.43. The number of nitrogens with one attached hydrogen (secondary N) is 1. The minimum absolute atomic E-state index is 0.0283. The molecule has 0 unspecified atom stereocenters. The average Bonchev–Trinajstić information content (AvgIpc) is 2.35. The largest absolute Gasteiger partial charge is 0.481 e. The zero-order chi connectivity index (χ0) is 16.2. The van der Waals surface area contributed by atoms with Gasteiger partial charge >= 0.3 is 12.0 Å². The Morgan fingerprint density at radius 1 is 1.29 bits per heavy atom. The number of anilines is 1. The van der Waals surface area contributed by atoms with Gasteiger partial charge in [-0.3, -0.25) is 9.69 Å². The summed E-state index contributed by atoms with van der Waals surface area (Å²) >= 11 is 0. The molecule has 2 N–H and O–H groups in total. The van der Waals surface area contributed by atoms with Crippen LogP contribution in [0.4, 0.5) is 10.5 Å². The van der Waals surface area contributed by atoms with Gasteiger partial charge in [-0.15, -0.1) is 0 Å². The third kappa shape index (κ3) is 5.10. The lowest BCUT2D eigenvalue weighted by Gasteiger charge is -2.29. The lowest BCUT2D eigenvalue weighted by Crippen LogP contribution is -2.49. The Balaban J connectivity index is 2.76. The molecule has 0 spiro atoms. The number of benzene rings is 1. The van der Waals surface area contributed by atoms with Gasteiger partial charge in [0.2, 0.25) is 0 Å². The Labute approximate surface area is 126 Å². The molecular formula is C16H24N2O3. The summed E-state index contributed by atoms with van der Waals surface area (Å²) in [5, 5.41) is 11.6. The predicted molar refractivity (Wildman–Crippen MR) is 83.8 cm³/mol. The number of aliphatic carboxylic acids is 1. The maximum atomic E-state index is 12.3. The van der Waals surface area contributed by atoms with Crippen molar-refractivity contribution in [2.75, 3.05) is 11.9 Å². The molecule has 0 aliphatic rings. The molecule has 2 amide bonds. The number of hydrogen-bond acceptors (Lipinski definition) is 2. The number of carbonyl (C=O) groups excluding carboxylic acids is 1. The smallest absolute Gasteiger partial charge is 0.322 e. The van der Waals surface area contributed by atoms with E-state index in [-0.39, 0.29) is 12.5 Å². The van der Waals surface area contributed by atoms with E-state index in [4.69, 9.17) is 5.11 Å². The molecule has 0 saturated carbocycles. The summed E-state index contributed by atoms with van der Waals surface area (Å²) in [4.78, 5) is 24.5. The number of carboxylic acid groups (broad SMARTS) is 1. The van der Waals surface area contributed by atoms with Gasteiger partial charge in [0, 0.05) is 24.7 Å². The highest BCUT2D eigenvalue weighted by atomic mass is 16.4. The van der Waals surface area contributed by atoms with Crippen molar-refractivity contribution < 1.29 is 14.7 Å². The van der Waals surface area contributed by atoms with E-state index in [1.807, 2.05) is 45.9 Å². The summed E-state index contributed by atoms with van der Waals surface area (Å²) in [7, 11) is 1.71. The van der Waals surface area contributed by atoms with Crippen molar-refractivity contribution in [2.45, 2.75) is 46.1 Å². The van der Waals surface area contributed by atoms with Crippen LogP contribution in [0.25, 0.3) is 0 Å². The second-order valence-corrected chi connectivity index (χ2v) is 6.06. The average molecular weight is 292 g/mol. The summed E-state index contributed by atoms with van der Waals surface area (Å²) in [6.07, 6.45) is 0.412. The molecule has 5 heteroatoms. The van der Waals surface area contributed by atoms with E-state index in [9.17, 15) is 9.59 Å². The number of urea groups is 1. The molecule has 0 aliphatic heterocycles. The molecule has 1 aromatic rings. The summed E-state index contributed by atoms with van der Waals surface area (Å²) in [5.74, 6) is -0.861. The molecule has 0 atom stereocenters. The number of nitrogens with zero attached hydrogens (tertiary/aromatic N) is 1. The Morgan fingerprint density at radius 3 is 2.43 bits per heavy atom. The van der Waals surface area contributed by atoms with Crippen LogP contribution in [0.1, 0.15) is 37.8 Å². The SMILES string of the molecule is Cc1ccc(N(C)C(=O)NC(C)(C)CCC(=O)O)c(C)c1. The van der Waals surface area contributed by atoms with Gasteiger partial charge in [-0.25, -0.2) is 4.79 Å². The van der Waals surface area contributed by atoms with E-state index in [0.29, 0.717) is 6.42 Å². The van der Waals surface area contributed by atoms with E-state index in [0.717, 1.165) is 16.8 Å². The first-order chi connectivity index (χ1) is 9.62. The van der Waals surface area contributed by atoms with Crippen LogP contribution in [0.15, 0.2) is 18.2 Å². The fourth-order valence-electron chi connectivity index (χ4n) is 2.15. The zero-order valence-electron chi connectivity index (χ0n) is 13.4. The molecular weight excluding hydrogens is 268 g/mol. The third-order valence-electron chi connectivity index (χ3n) is 3.43. The van der Waals surface area contributed by atoms with E-state index < -0.39 is 11.5 Å². The minimum Gasteiger partial charge on any atom is -0.481 e. The van der Waals surface area contributed by atoms with Crippen molar-refractivity contribution >= 4 is 17.7 Å². The monoisotopic (exact) mass is 292 g/mol. The van der Waals surface area contributed by atoms with E-state index in [1.54, 1.807) is 11.9 Å². The molecule has 0 bridgehead atoms. The maximum Gasteiger partial charge on any atom is 0.322 e. The van der Waals surface area contributed by atoms with Crippen molar-refractivity contribution in [1.82, 2.24) is 5.32 Å². The standard InChI is InChI=1S/C16H24N2O3/c1-11-6-7-13(12(2)10-11)18(5)15(21)17-16(3,4)9-8-14(19)20/h6-7,10H,8-9H2,1-5H3,(H,17,21)(H,19,20). The number of carboxylic acids is 1. The summed E-state index contributed by atoms with van der Waals surface area (Å²) < 4.78 is 0. The number of aryl methyl sites for hydroxylation is 2. The van der Waals surface area contributed by atoms with Crippen molar-refractivity contribution in [3.63, 3.8) is 0 Å². The van der Waals surface area contributed by atoms with Crippen LogP contribution in [-0.4, -0.2) is 29.7 Å². The van der Waals surface area contributed by atoms with Crippen LogP contribution in [0.5, 0.6) is 0 Å².